The number of aryl methyl sites for hydroxylation is 1. The van der Waals surface area contributed by atoms with E-state index >= 15 is 0 Å². The minimum absolute atomic E-state index is 0.178. The van der Waals surface area contributed by atoms with Gasteiger partial charge in [0.05, 0.1) is 15.9 Å². The molecular formula is C7H7N3O5. The van der Waals surface area contributed by atoms with Crippen LogP contribution in [0.25, 0.3) is 0 Å². The molecule has 0 aliphatic rings. The highest BCUT2D eigenvalue weighted by atomic mass is 16.6. The molecule has 0 radical (unpaired) electrons. The Kier molecular flexibility index (Phi) is 2.81. The number of nitro benzene ring substituents is 2. The molecule has 15 heavy (non-hydrogen) atoms. The summed E-state index contributed by atoms with van der Waals surface area (Å²) in [6.45, 7) is 1.42. The maximum Gasteiger partial charge on any atom is 0.301 e. The van der Waals surface area contributed by atoms with Gasteiger partial charge in [-0.1, -0.05) is 0 Å². The van der Waals surface area contributed by atoms with E-state index in [1.807, 2.05) is 0 Å². The molecule has 0 fully saturated rings. The minimum Gasteiger partial charge on any atom is -0.291 e. The van der Waals surface area contributed by atoms with E-state index in [1.54, 1.807) is 5.48 Å². The van der Waals surface area contributed by atoms with Gasteiger partial charge < -0.3 is 0 Å². The summed E-state index contributed by atoms with van der Waals surface area (Å²) in [6, 6.07) is 1.93. The number of anilines is 1. The van der Waals surface area contributed by atoms with E-state index in [9.17, 15) is 20.2 Å². The Bertz CT molecular complexity index is 431. The molecule has 0 aliphatic heterocycles. The highest BCUT2D eigenvalue weighted by molar-refractivity contribution is 5.66. The molecule has 0 saturated heterocycles. The number of nitro groups is 2. The van der Waals surface area contributed by atoms with Crippen LogP contribution in [0.15, 0.2) is 12.1 Å². The highest BCUT2D eigenvalue weighted by Gasteiger charge is 2.21. The van der Waals surface area contributed by atoms with E-state index < -0.39 is 15.5 Å². The third-order valence-electron chi connectivity index (χ3n) is 1.83. The zero-order valence-corrected chi connectivity index (χ0v) is 7.63. The van der Waals surface area contributed by atoms with Crippen molar-refractivity contribution in [2.24, 2.45) is 0 Å². The minimum atomic E-state index is -0.814. The normalized spacial score (nSPS) is 9.73. The first-order valence-corrected chi connectivity index (χ1v) is 3.81. The summed E-state index contributed by atoms with van der Waals surface area (Å²) in [4.78, 5) is 19.5. The summed E-state index contributed by atoms with van der Waals surface area (Å²) in [5.74, 6) is 0. The van der Waals surface area contributed by atoms with Gasteiger partial charge in [-0.05, 0) is 13.0 Å². The number of benzene rings is 1. The van der Waals surface area contributed by atoms with Gasteiger partial charge in [0, 0.05) is 5.56 Å². The van der Waals surface area contributed by atoms with Crippen LogP contribution in [-0.4, -0.2) is 15.1 Å². The lowest BCUT2D eigenvalue weighted by molar-refractivity contribution is -0.394. The quantitative estimate of drug-likeness (QED) is 0.581. The van der Waals surface area contributed by atoms with E-state index in [4.69, 9.17) is 5.21 Å². The molecule has 0 spiro atoms. The first kappa shape index (κ1) is 10.9. The largest absolute Gasteiger partial charge is 0.301 e. The van der Waals surface area contributed by atoms with Gasteiger partial charge in [-0.3, -0.25) is 30.9 Å². The van der Waals surface area contributed by atoms with Crippen LogP contribution < -0.4 is 5.48 Å². The predicted octanol–water partition coefficient (Wildman–Crippen LogP) is 1.61. The van der Waals surface area contributed by atoms with Crippen molar-refractivity contribution in [1.29, 1.82) is 0 Å². The molecule has 0 saturated carbocycles. The Balaban J connectivity index is 3.43. The van der Waals surface area contributed by atoms with Gasteiger partial charge in [-0.15, -0.1) is 0 Å². The third-order valence-corrected chi connectivity index (χ3v) is 1.83. The van der Waals surface area contributed by atoms with Gasteiger partial charge in [0.25, 0.3) is 5.69 Å². The number of hydrogen-bond acceptors (Lipinski definition) is 6. The van der Waals surface area contributed by atoms with Gasteiger partial charge in [-0.25, -0.2) is 0 Å². The maximum absolute atomic E-state index is 10.5. The highest BCUT2D eigenvalue weighted by Crippen LogP contribution is 2.31. The van der Waals surface area contributed by atoms with Gasteiger partial charge in [-0.2, -0.15) is 0 Å². The fourth-order valence-electron chi connectivity index (χ4n) is 1.12. The van der Waals surface area contributed by atoms with Crippen LogP contribution in [0.4, 0.5) is 17.1 Å². The van der Waals surface area contributed by atoms with Crippen molar-refractivity contribution in [2.75, 3.05) is 5.48 Å². The average molecular weight is 213 g/mol. The predicted molar refractivity (Wildman–Crippen MR) is 49.9 cm³/mol. The van der Waals surface area contributed by atoms with Crippen molar-refractivity contribution in [3.8, 4) is 0 Å². The fourth-order valence-corrected chi connectivity index (χ4v) is 1.12. The van der Waals surface area contributed by atoms with Gasteiger partial charge in [0.15, 0.2) is 0 Å². The lowest BCUT2D eigenvalue weighted by Crippen LogP contribution is -2.00. The van der Waals surface area contributed by atoms with E-state index in [0.717, 1.165) is 12.1 Å². The topological polar surface area (TPSA) is 119 Å². The van der Waals surface area contributed by atoms with E-state index in [0.29, 0.717) is 0 Å². The molecule has 0 amide bonds. The Morgan fingerprint density at radius 3 is 2.13 bits per heavy atom. The third kappa shape index (κ3) is 1.99. The van der Waals surface area contributed by atoms with Crippen LogP contribution >= 0.6 is 0 Å². The first-order chi connectivity index (χ1) is 6.97. The molecule has 1 aromatic carbocycles. The van der Waals surface area contributed by atoms with Crippen LogP contribution in [0.3, 0.4) is 0 Å². The lowest BCUT2D eigenvalue weighted by atomic mass is 10.1. The van der Waals surface area contributed by atoms with Gasteiger partial charge in [0.2, 0.25) is 0 Å². The van der Waals surface area contributed by atoms with E-state index in [-0.39, 0.29) is 16.9 Å². The SMILES string of the molecule is Cc1cc(NO)c([N+](=O)[O-])cc1[N+](=O)[O-]. The molecule has 0 bridgehead atoms. The summed E-state index contributed by atoms with van der Waals surface area (Å²) in [5, 5.41) is 29.6. The summed E-state index contributed by atoms with van der Waals surface area (Å²) < 4.78 is 0. The summed E-state index contributed by atoms with van der Waals surface area (Å²) in [7, 11) is 0. The Morgan fingerprint density at radius 2 is 1.73 bits per heavy atom. The number of nitrogens with one attached hydrogen (secondary N) is 1. The van der Waals surface area contributed by atoms with Crippen LogP contribution in [-0.2, 0) is 0 Å². The summed E-state index contributed by atoms with van der Waals surface area (Å²) in [6.07, 6.45) is 0. The number of nitrogens with zero attached hydrogens (tertiary/aromatic N) is 2. The zero-order valence-electron chi connectivity index (χ0n) is 7.63. The van der Waals surface area contributed by atoms with Gasteiger partial charge in [0.1, 0.15) is 5.69 Å². The molecule has 0 aliphatic carbocycles. The van der Waals surface area contributed by atoms with Crippen molar-refractivity contribution >= 4 is 17.1 Å². The van der Waals surface area contributed by atoms with Crippen LogP contribution in [0, 0.1) is 27.2 Å². The van der Waals surface area contributed by atoms with Crippen molar-refractivity contribution in [1.82, 2.24) is 0 Å². The second-order valence-corrected chi connectivity index (χ2v) is 2.78. The molecule has 1 rings (SSSR count). The lowest BCUT2D eigenvalue weighted by Gasteiger charge is -2.02. The first-order valence-electron chi connectivity index (χ1n) is 3.81. The zero-order chi connectivity index (χ0) is 11.6. The average Bonchev–Trinajstić information content (AvgIpc) is 2.16. The van der Waals surface area contributed by atoms with Crippen LogP contribution in [0.1, 0.15) is 5.56 Å². The Hall–Kier alpha value is -2.22. The van der Waals surface area contributed by atoms with Gasteiger partial charge >= 0.3 is 5.69 Å². The Labute approximate surface area is 83.4 Å². The van der Waals surface area contributed by atoms with Crippen molar-refractivity contribution in [3.63, 3.8) is 0 Å². The molecule has 1 aromatic rings. The molecular weight excluding hydrogens is 206 g/mol. The second-order valence-electron chi connectivity index (χ2n) is 2.78. The van der Waals surface area contributed by atoms with Crippen LogP contribution in [0.2, 0.25) is 0 Å². The van der Waals surface area contributed by atoms with Crippen LogP contribution in [0.5, 0.6) is 0 Å². The molecule has 0 heterocycles. The smallest absolute Gasteiger partial charge is 0.291 e. The van der Waals surface area contributed by atoms with E-state index in [2.05, 4.69) is 0 Å². The standard InChI is InChI=1S/C7H7N3O5/c1-4-2-5(8-11)7(10(14)15)3-6(4)9(12)13/h2-3,8,11H,1H3. The summed E-state index contributed by atoms with van der Waals surface area (Å²) in [5.41, 5.74) is 0.759. The monoisotopic (exact) mass is 213 g/mol. The number of rotatable bonds is 3. The molecule has 80 valence electrons. The molecule has 2 N–H and O–H groups in total. The maximum atomic E-state index is 10.5. The molecule has 8 heteroatoms. The second kappa shape index (κ2) is 3.88. The van der Waals surface area contributed by atoms with Crippen molar-refractivity contribution < 1.29 is 15.1 Å². The summed E-state index contributed by atoms with van der Waals surface area (Å²) >= 11 is 0. The molecule has 0 aromatic heterocycles. The van der Waals surface area contributed by atoms with E-state index in [1.165, 1.54) is 6.92 Å². The number of hydrogen-bond donors (Lipinski definition) is 2. The molecule has 0 unspecified atom stereocenters. The molecule has 8 nitrogen and oxygen atoms in total. The fraction of sp³-hybridized carbons (Fsp3) is 0.143. The Morgan fingerprint density at radius 1 is 1.20 bits per heavy atom. The van der Waals surface area contributed by atoms with Crippen molar-refractivity contribution in [3.05, 3.63) is 37.9 Å². The van der Waals surface area contributed by atoms with Crippen molar-refractivity contribution in [2.45, 2.75) is 6.92 Å². The molecule has 0 atom stereocenters.